The smallest absolute Gasteiger partial charge is 0.309 e. The SMILES string of the molecule is COC(=O)[C@H]1CC[C@H]2[C@@H]3[C@@H](C)C[C@H]4NC(=O)C=C[C@]4(C)[C@H]3CC[C@]12C. The van der Waals surface area contributed by atoms with Crippen molar-refractivity contribution in [2.75, 3.05) is 7.11 Å². The highest BCUT2D eigenvalue weighted by Gasteiger charge is 2.62. The topological polar surface area (TPSA) is 55.4 Å². The summed E-state index contributed by atoms with van der Waals surface area (Å²) in [6.45, 7) is 7.04. The van der Waals surface area contributed by atoms with Crippen molar-refractivity contribution in [3.8, 4) is 0 Å². The Morgan fingerprint density at radius 2 is 2.00 bits per heavy atom. The van der Waals surface area contributed by atoms with E-state index in [9.17, 15) is 9.59 Å². The molecule has 0 bridgehead atoms. The molecule has 1 amide bonds. The molecule has 4 aliphatic rings. The molecule has 4 nitrogen and oxygen atoms in total. The van der Waals surface area contributed by atoms with Gasteiger partial charge < -0.3 is 10.1 Å². The number of hydrogen-bond acceptors (Lipinski definition) is 3. The first-order valence-corrected chi connectivity index (χ1v) is 9.89. The van der Waals surface area contributed by atoms with Crippen molar-refractivity contribution in [2.24, 2.45) is 40.4 Å². The van der Waals surface area contributed by atoms with Crippen molar-refractivity contribution in [3.63, 3.8) is 0 Å². The first-order chi connectivity index (χ1) is 11.8. The molecule has 138 valence electrons. The fraction of sp³-hybridized carbons (Fsp3) is 0.810. The van der Waals surface area contributed by atoms with Gasteiger partial charge >= 0.3 is 5.97 Å². The van der Waals surface area contributed by atoms with Crippen molar-refractivity contribution in [2.45, 2.75) is 58.9 Å². The molecule has 0 aromatic carbocycles. The van der Waals surface area contributed by atoms with E-state index in [1.54, 1.807) is 6.08 Å². The third-order valence-corrected chi connectivity index (χ3v) is 8.54. The van der Waals surface area contributed by atoms with Gasteiger partial charge in [0.1, 0.15) is 0 Å². The molecule has 0 spiro atoms. The van der Waals surface area contributed by atoms with Gasteiger partial charge in [-0.15, -0.1) is 0 Å². The highest BCUT2D eigenvalue weighted by Crippen LogP contribution is 2.66. The zero-order valence-electron chi connectivity index (χ0n) is 15.9. The second kappa shape index (κ2) is 5.59. The van der Waals surface area contributed by atoms with E-state index >= 15 is 0 Å². The summed E-state index contributed by atoms with van der Waals surface area (Å²) in [6, 6.07) is 0.253. The highest BCUT2D eigenvalue weighted by atomic mass is 16.5. The van der Waals surface area contributed by atoms with Crippen LogP contribution in [0.15, 0.2) is 12.2 Å². The van der Waals surface area contributed by atoms with Gasteiger partial charge in [-0.25, -0.2) is 0 Å². The summed E-state index contributed by atoms with van der Waals surface area (Å²) < 4.78 is 5.13. The molecule has 0 radical (unpaired) electrons. The summed E-state index contributed by atoms with van der Waals surface area (Å²) >= 11 is 0. The second-order valence-corrected chi connectivity index (χ2v) is 9.46. The van der Waals surface area contributed by atoms with E-state index in [2.05, 4.69) is 32.2 Å². The highest BCUT2D eigenvalue weighted by molar-refractivity contribution is 5.89. The van der Waals surface area contributed by atoms with Crippen LogP contribution in [0.5, 0.6) is 0 Å². The van der Waals surface area contributed by atoms with E-state index in [1.807, 2.05) is 0 Å². The number of rotatable bonds is 1. The van der Waals surface area contributed by atoms with Crippen LogP contribution >= 0.6 is 0 Å². The molecular weight excluding hydrogens is 314 g/mol. The largest absolute Gasteiger partial charge is 0.469 e. The zero-order valence-corrected chi connectivity index (χ0v) is 15.9. The number of methoxy groups -OCH3 is 1. The van der Waals surface area contributed by atoms with Crippen LogP contribution in [0.25, 0.3) is 0 Å². The van der Waals surface area contributed by atoms with E-state index in [1.165, 1.54) is 7.11 Å². The van der Waals surface area contributed by atoms with E-state index in [0.717, 1.165) is 32.1 Å². The van der Waals surface area contributed by atoms with E-state index < -0.39 is 0 Å². The fourth-order valence-corrected chi connectivity index (χ4v) is 7.21. The molecule has 1 heterocycles. The lowest BCUT2D eigenvalue weighted by atomic mass is 9.45. The third kappa shape index (κ3) is 2.25. The summed E-state index contributed by atoms with van der Waals surface area (Å²) in [5.41, 5.74) is 0.128. The Bertz CT molecular complexity index is 629. The van der Waals surface area contributed by atoms with E-state index in [0.29, 0.717) is 23.7 Å². The number of nitrogens with one attached hydrogen (secondary N) is 1. The van der Waals surface area contributed by atoms with E-state index in [4.69, 9.17) is 4.74 Å². The first-order valence-electron chi connectivity index (χ1n) is 9.89. The summed E-state index contributed by atoms with van der Waals surface area (Å²) in [5, 5.41) is 3.23. The van der Waals surface area contributed by atoms with Gasteiger partial charge in [0.25, 0.3) is 0 Å². The van der Waals surface area contributed by atoms with Crippen molar-refractivity contribution in [3.05, 3.63) is 12.2 Å². The third-order valence-electron chi connectivity index (χ3n) is 8.54. The number of hydrogen-bond donors (Lipinski definition) is 1. The monoisotopic (exact) mass is 345 g/mol. The summed E-state index contributed by atoms with van der Waals surface area (Å²) in [5.74, 6) is 2.50. The maximum atomic E-state index is 12.4. The van der Waals surface area contributed by atoms with Gasteiger partial charge in [0, 0.05) is 11.5 Å². The van der Waals surface area contributed by atoms with Crippen LogP contribution in [0.2, 0.25) is 0 Å². The Balaban J connectivity index is 1.69. The van der Waals surface area contributed by atoms with E-state index in [-0.39, 0.29) is 34.7 Å². The molecule has 3 saturated carbocycles. The molecule has 0 aromatic heterocycles. The molecule has 4 heteroatoms. The first kappa shape index (κ1) is 17.1. The molecule has 0 aromatic rings. The Labute approximate surface area is 150 Å². The van der Waals surface area contributed by atoms with Gasteiger partial charge in [-0.1, -0.05) is 26.8 Å². The second-order valence-electron chi connectivity index (χ2n) is 9.46. The Morgan fingerprint density at radius 1 is 1.24 bits per heavy atom. The lowest BCUT2D eigenvalue weighted by Gasteiger charge is -2.60. The number of carbonyl (C=O) groups excluding carboxylic acids is 2. The maximum absolute atomic E-state index is 12.4. The number of carbonyl (C=O) groups is 2. The Kier molecular flexibility index (Phi) is 3.82. The van der Waals surface area contributed by atoms with Gasteiger partial charge in [-0.05, 0) is 67.3 Å². The molecule has 0 unspecified atom stereocenters. The molecule has 1 N–H and O–H groups in total. The van der Waals surface area contributed by atoms with Crippen molar-refractivity contribution < 1.29 is 14.3 Å². The number of amides is 1. The van der Waals surface area contributed by atoms with Gasteiger partial charge in [-0.3, -0.25) is 9.59 Å². The number of fused-ring (bicyclic) bond motifs is 5. The predicted molar refractivity (Wildman–Crippen MR) is 95.5 cm³/mol. The lowest BCUT2D eigenvalue weighted by molar-refractivity contribution is -0.155. The molecule has 1 aliphatic heterocycles. The van der Waals surface area contributed by atoms with Crippen LogP contribution in [0.1, 0.15) is 52.9 Å². The van der Waals surface area contributed by atoms with Gasteiger partial charge in [0.05, 0.1) is 13.0 Å². The van der Waals surface area contributed by atoms with Crippen molar-refractivity contribution in [1.82, 2.24) is 5.32 Å². The Hall–Kier alpha value is -1.32. The van der Waals surface area contributed by atoms with Crippen LogP contribution in [0.3, 0.4) is 0 Å². The fourth-order valence-electron chi connectivity index (χ4n) is 7.21. The number of ether oxygens (including phenoxy) is 1. The minimum atomic E-state index is -0.0131. The summed E-state index contributed by atoms with van der Waals surface area (Å²) in [6.07, 6.45) is 9.31. The van der Waals surface area contributed by atoms with Crippen LogP contribution in [0.4, 0.5) is 0 Å². The normalized spacial score (nSPS) is 51.1. The average Bonchev–Trinajstić information content (AvgIpc) is 2.93. The molecule has 3 fully saturated rings. The molecule has 25 heavy (non-hydrogen) atoms. The zero-order chi connectivity index (χ0) is 18.0. The molecular formula is C21H31NO3. The lowest BCUT2D eigenvalue weighted by Crippen LogP contribution is -2.61. The minimum absolute atomic E-state index is 0.0131. The minimum Gasteiger partial charge on any atom is -0.469 e. The van der Waals surface area contributed by atoms with Crippen molar-refractivity contribution in [1.29, 1.82) is 0 Å². The quantitative estimate of drug-likeness (QED) is 0.742. The summed E-state index contributed by atoms with van der Waals surface area (Å²) in [7, 11) is 1.52. The Morgan fingerprint density at radius 3 is 2.72 bits per heavy atom. The van der Waals surface area contributed by atoms with Gasteiger partial charge in [-0.2, -0.15) is 0 Å². The molecule has 0 saturated heterocycles. The summed E-state index contributed by atoms with van der Waals surface area (Å²) in [4.78, 5) is 24.2. The number of esters is 1. The van der Waals surface area contributed by atoms with Crippen LogP contribution in [-0.4, -0.2) is 25.0 Å². The molecule has 4 rings (SSSR count). The van der Waals surface area contributed by atoms with Crippen LogP contribution in [-0.2, 0) is 14.3 Å². The maximum Gasteiger partial charge on any atom is 0.309 e. The standard InChI is InChI=1S/C21H31NO3/c1-12-11-16-21(3,10-8-17(23)22-16)14-7-9-20(2)13(18(12)14)5-6-15(20)19(24)25-4/h8,10,12-16,18H,5-7,9,11H2,1-4H3,(H,22,23)/t12-,13-,14-,15+,16+,18-,20-,21+/m0/s1. The van der Waals surface area contributed by atoms with Gasteiger partial charge in [0.15, 0.2) is 0 Å². The van der Waals surface area contributed by atoms with Crippen molar-refractivity contribution >= 4 is 11.9 Å². The van der Waals surface area contributed by atoms with Crippen LogP contribution < -0.4 is 5.32 Å². The van der Waals surface area contributed by atoms with Gasteiger partial charge in [0.2, 0.25) is 5.91 Å². The average molecular weight is 345 g/mol. The molecule has 8 atom stereocenters. The molecule has 3 aliphatic carbocycles. The van der Waals surface area contributed by atoms with Crippen LogP contribution in [0, 0.1) is 40.4 Å². The predicted octanol–water partition coefficient (Wildman–Crippen LogP) is 3.32.